The first-order chi connectivity index (χ1) is 9.59. The second kappa shape index (κ2) is 6.02. The summed E-state index contributed by atoms with van der Waals surface area (Å²) in [6, 6.07) is 14.6. The van der Waals surface area contributed by atoms with Gasteiger partial charge < -0.3 is 5.11 Å². The molecule has 4 heteroatoms. The average Bonchev–Trinajstić information content (AvgIpc) is 2.48. The molecule has 0 aliphatic carbocycles. The molecule has 0 unspecified atom stereocenters. The second-order valence-electron chi connectivity index (χ2n) is 4.48. The number of nitrogens with one attached hydrogen (secondary N) is 1. The van der Waals surface area contributed by atoms with Crippen molar-refractivity contribution in [2.24, 2.45) is 5.10 Å². The molecule has 0 saturated heterocycles. The fraction of sp³-hybridized carbons (Fsp3) is 0.125. The van der Waals surface area contributed by atoms with Crippen LogP contribution in [0.3, 0.4) is 0 Å². The molecule has 2 aromatic rings. The van der Waals surface area contributed by atoms with Crippen LogP contribution < -0.4 is 5.43 Å². The Morgan fingerprint density at radius 3 is 2.50 bits per heavy atom. The van der Waals surface area contributed by atoms with Crippen LogP contribution in [-0.2, 0) is 0 Å². The van der Waals surface area contributed by atoms with Crippen LogP contribution in [0.4, 0.5) is 0 Å². The van der Waals surface area contributed by atoms with E-state index in [4.69, 9.17) is 0 Å². The first-order valence-electron chi connectivity index (χ1n) is 6.28. The van der Waals surface area contributed by atoms with Gasteiger partial charge in [-0.2, -0.15) is 5.10 Å². The summed E-state index contributed by atoms with van der Waals surface area (Å²) in [4.78, 5) is 12.0. The van der Waals surface area contributed by atoms with Gasteiger partial charge in [0.25, 0.3) is 5.91 Å². The summed E-state index contributed by atoms with van der Waals surface area (Å²) in [6.07, 6.45) is 0. The Labute approximate surface area is 117 Å². The van der Waals surface area contributed by atoms with Crippen LogP contribution in [0.25, 0.3) is 0 Å². The lowest BCUT2D eigenvalue weighted by Gasteiger charge is -2.06. The van der Waals surface area contributed by atoms with Crippen molar-refractivity contribution in [2.45, 2.75) is 13.8 Å². The summed E-state index contributed by atoms with van der Waals surface area (Å²) in [5.74, 6) is -0.445. The Bertz CT molecular complexity index is 649. The number of benzene rings is 2. The lowest BCUT2D eigenvalue weighted by atomic mass is 10.1. The number of rotatable bonds is 3. The second-order valence-corrected chi connectivity index (χ2v) is 4.48. The van der Waals surface area contributed by atoms with Crippen molar-refractivity contribution in [2.75, 3.05) is 0 Å². The molecule has 20 heavy (non-hydrogen) atoms. The zero-order chi connectivity index (χ0) is 14.5. The number of hydrazone groups is 1. The molecule has 0 aliphatic rings. The minimum absolute atomic E-state index is 0.0161. The molecule has 0 fully saturated rings. The lowest BCUT2D eigenvalue weighted by Crippen LogP contribution is -2.19. The molecule has 0 radical (unpaired) electrons. The topological polar surface area (TPSA) is 61.7 Å². The number of aromatic hydroxyl groups is 1. The maximum absolute atomic E-state index is 12.0. The third-order valence-electron chi connectivity index (χ3n) is 3.00. The molecule has 102 valence electrons. The largest absolute Gasteiger partial charge is 0.507 e. The lowest BCUT2D eigenvalue weighted by molar-refractivity contribution is 0.0952. The van der Waals surface area contributed by atoms with Crippen molar-refractivity contribution in [1.29, 1.82) is 0 Å². The highest BCUT2D eigenvalue weighted by molar-refractivity contribution is 6.01. The number of amides is 1. The van der Waals surface area contributed by atoms with Gasteiger partial charge in [-0.1, -0.05) is 42.5 Å². The Hall–Kier alpha value is -2.62. The highest BCUT2D eigenvalue weighted by atomic mass is 16.3. The average molecular weight is 268 g/mol. The standard InChI is InChI=1S/C16H16N2O2/c1-11-7-6-10-14(15(11)19)16(20)18-17-12(2)13-8-4-3-5-9-13/h3-10,19H,1-2H3,(H,18,20)/b17-12+. The smallest absolute Gasteiger partial charge is 0.275 e. The molecule has 0 atom stereocenters. The van der Waals surface area contributed by atoms with Crippen molar-refractivity contribution in [3.63, 3.8) is 0 Å². The van der Waals surface area contributed by atoms with Crippen LogP contribution in [0.5, 0.6) is 5.75 Å². The van der Waals surface area contributed by atoms with E-state index in [1.165, 1.54) is 0 Å². The summed E-state index contributed by atoms with van der Waals surface area (Å²) >= 11 is 0. The van der Waals surface area contributed by atoms with Crippen LogP contribution in [0.15, 0.2) is 53.6 Å². The summed E-state index contributed by atoms with van der Waals surface area (Å²) in [7, 11) is 0. The van der Waals surface area contributed by atoms with E-state index in [1.807, 2.05) is 37.3 Å². The van der Waals surface area contributed by atoms with Crippen LogP contribution in [0, 0.1) is 6.92 Å². The van der Waals surface area contributed by atoms with Crippen molar-refractivity contribution in [3.8, 4) is 5.75 Å². The highest BCUT2D eigenvalue weighted by Gasteiger charge is 2.11. The van der Waals surface area contributed by atoms with Gasteiger partial charge in [-0.05, 0) is 31.0 Å². The first-order valence-corrected chi connectivity index (χ1v) is 6.28. The minimum Gasteiger partial charge on any atom is -0.507 e. The number of carbonyl (C=O) groups is 1. The normalized spacial score (nSPS) is 11.2. The number of para-hydroxylation sites is 1. The zero-order valence-corrected chi connectivity index (χ0v) is 11.4. The third-order valence-corrected chi connectivity index (χ3v) is 3.00. The summed E-state index contributed by atoms with van der Waals surface area (Å²) in [6.45, 7) is 3.55. The quantitative estimate of drug-likeness (QED) is 0.664. The van der Waals surface area contributed by atoms with E-state index >= 15 is 0 Å². The maximum Gasteiger partial charge on any atom is 0.275 e. The molecule has 2 N–H and O–H groups in total. The molecule has 0 heterocycles. The molecule has 0 aliphatic heterocycles. The number of hydrogen-bond acceptors (Lipinski definition) is 3. The van der Waals surface area contributed by atoms with Crippen molar-refractivity contribution < 1.29 is 9.90 Å². The Morgan fingerprint density at radius 1 is 1.10 bits per heavy atom. The molecule has 2 rings (SSSR count). The molecule has 0 bridgehead atoms. The SMILES string of the molecule is C/C(=N\NC(=O)c1cccc(C)c1O)c1ccccc1. The van der Waals surface area contributed by atoms with Gasteiger partial charge in [0.1, 0.15) is 5.75 Å². The fourth-order valence-corrected chi connectivity index (χ4v) is 1.78. The fourth-order valence-electron chi connectivity index (χ4n) is 1.78. The monoisotopic (exact) mass is 268 g/mol. The minimum atomic E-state index is -0.429. The molecular formula is C16H16N2O2. The predicted molar refractivity (Wildman–Crippen MR) is 79.0 cm³/mol. The van der Waals surface area contributed by atoms with Crippen LogP contribution in [0.1, 0.15) is 28.4 Å². The van der Waals surface area contributed by atoms with Gasteiger partial charge in [0.15, 0.2) is 0 Å². The summed E-state index contributed by atoms with van der Waals surface area (Å²) < 4.78 is 0. The number of carbonyl (C=O) groups excluding carboxylic acids is 1. The van der Waals surface area contributed by atoms with Gasteiger partial charge in [0, 0.05) is 0 Å². The number of phenolic OH excluding ortho intramolecular Hbond substituents is 1. The molecule has 0 aromatic heterocycles. The molecule has 4 nitrogen and oxygen atoms in total. The van der Waals surface area contributed by atoms with Gasteiger partial charge in [-0.3, -0.25) is 4.79 Å². The molecule has 2 aromatic carbocycles. The van der Waals surface area contributed by atoms with E-state index in [9.17, 15) is 9.90 Å². The molecule has 1 amide bonds. The van der Waals surface area contributed by atoms with E-state index in [0.717, 1.165) is 5.56 Å². The zero-order valence-electron chi connectivity index (χ0n) is 11.4. The highest BCUT2D eigenvalue weighted by Crippen LogP contribution is 2.21. The Kier molecular flexibility index (Phi) is 4.15. The molecule has 0 spiro atoms. The van der Waals surface area contributed by atoms with E-state index < -0.39 is 5.91 Å². The van der Waals surface area contributed by atoms with E-state index in [0.29, 0.717) is 11.3 Å². The van der Waals surface area contributed by atoms with Gasteiger partial charge in [-0.25, -0.2) is 5.43 Å². The van der Waals surface area contributed by atoms with Gasteiger partial charge in [-0.15, -0.1) is 0 Å². The van der Waals surface area contributed by atoms with Gasteiger partial charge in [0.05, 0.1) is 11.3 Å². The summed E-state index contributed by atoms with van der Waals surface area (Å²) in [5, 5.41) is 13.9. The van der Waals surface area contributed by atoms with Crippen molar-refractivity contribution >= 4 is 11.6 Å². The molecular weight excluding hydrogens is 252 g/mol. The number of phenols is 1. The van der Waals surface area contributed by atoms with Crippen LogP contribution in [0.2, 0.25) is 0 Å². The van der Waals surface area contributed by atoms with Gasteiger partial charge >= 0.3 is 0 Å². The third kappa shape index (κ3) is 3.03. The van der Waals surface area contributed by atoms with E-state index in [1.54, 1.807) is 25.1 Å². The first kappa shape index (κ1) is 13.8. The Morgan fingerprint density at radius 2 is 1.80 bits per heavy atom. The number of hydrogen-bond donors (Lipinski definition) is 2. The number of nitrogens with zero attached hydrogens (tertiary/aromatic N) is 1. The van der Waals surface area contributed by atoms with Crippen LogP contribution in [-0.4, -0.2) is 16.7 Å². The maximum atomic E-state index is 12.0. The van der Waals surface area contributed by atoms with Crippen molar-refractivity contribution in [1.82, 2.24) is 5.43 Å². The van der Waals surface area contributed by atoms with E-state index in [-0.39, 0.29) is 11.3 Å². The van der Waals surface area contributed by atoms with Crippen molar-refractivity contribution in [3.05, 3.63) is 65.2 Å². The number of aryl methyl sites for hydroxylation is 1. The summed E-state index contributed by atoms with van der Waals surface area (Å²) in [5.41, 5.74) is 4.96. The van der Waals surface area contributed by atoms with Gasteiger partial charge in [0.2, 0.25) is 0 Å². The predicted octanol–water partition coefficient (Wildman–Crippen LogP) is 2.85. The van der Waals surface area contributed by atoms with E-state index in [2.05, 4.69) is 10.5 Å². The Balaban J connectivity index is 2.15. The van der Waals surface area contributed by atoms with Crippen LogP contribution >= 0.6 is 0 Å². The molecule has 0 saturated carbocycles.